The smallest absolute Gasteiger partial charge is 0.218 e. The van der Waals surface area contributed by atoms with Gasteiger partial charge in [0.05, 0.1) is 13.0 Å². The van der Waals surface area contributed by atoms with Crippen LogP contribution in [-0.4, -0.2) is 22.4 Å². The molecule has 0 N–H and O–H groups in total. The quantitative estimate of drug-likeness (QED) is 0.705. The van der Waals surface area contributed by atoms with Gasteiger partial charge >= 0.3 is 0 Å². The highest BCUT2D eigenvalue weighted by molar-refractivity contribution is 7.97. The topological polar surface area (TPSA) is 43.4 Å². The summed E-state index contributed by atoms with van der Waals surface area (Å²) in [4.78, 5) is 22.4. The fraction of sp³-hybridized carbons (Fsp3) is 0.800. The van der Waals surface area contributed by atoms with Gasteiger partial charge in [0.25, 0.3) is 0 Å². The van der Waals surface area contributed by atoms with Gasteiger partial charge in [0.15, 0.2) is 5.12 Å². The molecule has 1 rings (SSSR count). The van der Waals surface area contributed by atoms with E-state index < -0.39 is 5.60 Å². The number of hydrogen-bond donors (Lipinski definition) is 2. The van der Waals surface area contributed by atoms with E-state index in [1.54, 1.807) is 0 Å². The second-order valence-corrected chi connectivity index (χ2v) is 4.82. The van der Waals surface area contributed by atoms with E-state index in [0.717, 1.165) is 19.3 Å². The SMILES string of the molecule is CCCCC1COC1(CC(=O)S)C(=O)S. The van der Waals surface area contributed by atoms with E-state index >= 15 is 0 Å². The van der Waals surface area contributed by atoms with Crippen LogP contribution in [0.15, 0.2) is 0 Å². The summed E-state index contributed by atoms with van der Waals surface area (Å²) in [5.74, 6) is 0.124. The van der Waals surface area contributed by atoms with Crippen molar-refractivity contribution in [2.45, 2.75) is 38.2 Å². The van der Waals surface area contributed by atoms with Crippen molar-refractivity contribution < 1.29 is 14.3 Å². The molecule has 2 unspecified atom stereocenters. The van der Waals surface area contributed by atoms with Crippen molar-refractivity contribution in [2.75, 3.05) is 6.61 Å². The largest absolute Gasteiger partial charge is 0.365 e. The van der Waals surface area contributed by atoms with Crippen LogP contribution in [0.3, 0.4) is 0 Å². The zero-order valence-corrected chi connectivity index (χ0v) is 10.5. The molecule has 2 atom stereocenters. The Hall–Kier alpha value is -0.0000000000000000555. The van der Waals surface area contributed by atoms with Crippen molar-refractivity contribution in [2.24, 2.45) is 5.92 Å². The average molecular weight is 248 g/mol. The summed E-state index contributed by atoms with van der Waals surface area (Å²) in [6, 6.07) is 0. The Bertz CT molecular complexity index is 267. The molecular formula is C10H16O3S2. The molecule has 1 aliphatic rings. The van der Waals surface area contributed by atoms with Crippen LogP contribution in [0.5, 0.6) is 0 Å². The summed E-state index contributed by atoms with van der Waals surface area (Å²) in [7, 11) is 0. The zero-order chi connectivity index (χ0) is 11.5. The Morgan fingerprint density at radius 3 is 2.47 bits per heavy atom. The van der Waals surface area contributed by atoms with Crippen LogP contribution in [0.25, 0.3) is 0 Å². The van der Waals surface area contributed by atoms with Crippen molar-refractivity contribution in [1.29, 1.82) is 0 Å². The molecule has 0 spiro atoms. The van der Waals surface area contributed by atoms with Gasteiger partial charge in [-0.3, -0.25) is 9.59 Å². The monoisotopic (exact) mass is 248 g/mol. The molecule has 1 heterocycles. The lowest BCUT2D eigenvalue weighted by atomic mass is 9.78. The second kappa shape index (κ2) is 5.37. The van der Waals surface area contributed by atoms with Crippen molar-refractivity contribution in [3.63, 3.8) is 0 Å². The van der Waals surface area contributed by atoms with Gasteiger partial charge in [0, 0.05) is 5.92 Å². The number of thiol groups is 2. The van der Waals surface area contributed by atoms with Gasteiger partial charge in [-0.2, -0.15) is 0 Å². The van der Waals surface area contributed by atoms with Crippen LogP contribution in [0.4, 0.5) is 0 Å². The lowest BCUT2D eigenvalue weighted by Crippen LogP contribution is -2.58. The maximum Gasteiger partial charge on any atom is 0.218 e. The number of unbranched alkanes of at least 4 members (excludes halogenated alkanes) is 1. The zero-order valence-electron chi connectivity index (χ0n) is 8.73. The fourth-order valence-corrected chi connectivity index (χ4v) is 2.46. The van der Waals surface area contributed by atoms with Crippen LogP contribution in [-0.2, 0) is 14.3 Å². The van der Waals surface area contributed by atoms with E-state index in [9.17, 15) is 9.59 Å². The van der Waals surface area contributed by atoms with Crippen LogP contribution in [0, 0.1) is 5.92 Å². The highest BCUT2D eigenvalue weighted by atomic mass is 32.1. The van der Waals surface area contributed by atoms with Gasteiger partial charge in [0.1, 0.15) is 5.60 Å². The molecule has 86 valence electrons. The minimum Gasteiger partial charge on any atom is -0.365 e. The predicted molar refractivity (Wildman–Crippen MR) is 64.3 cm³/mol. The standard InChI is InChI=1S/C10H16O3S2/c1-2-3-4-7-6-13-10(7,9(12)15)5-8(11)14/h7H,2-6H2,1H3,(H,11,14)(H,12,15). The maximum absolute atomic E-state index is 11.4. The summed E-state index contributed by atoms with van der Waals surface area (Å²) < 4.78 is 5.30. The Kier molecular flexibility index (Phi) is 4.67. The second-order valence-electron chi connectivity index (χ2n) is 3.92. The van der Waals surface area contributed by atoms with Crippen LogP contribution < -0.4 is 0 Å². The van der Waals surface area contributed by atoms with Crippen molar-refractivity contribution >= 4 is 35.5 Å². The summed E-state index contributed by atoms with van der Waals surface area (Å²) in [6.45, 7) is 2.64. The van der Waals surface area contributed by atoms with E-state index in [1.807, 2.05) is 0 Å². The molecular weight excluding hydrogens is 232 g/mol. The van der Waals surface area contributed by atoms with Gasteiger partial charge in [0.2, 0.25) is 5.12 Å². The molecule has 0 amide bonds. The highest BCUT2D eigenvalue weighted by Crippen LogP contribution is 2.41. The first-order valence-corrected chi connectivity index (χ1v) is 6.01. The van der Waals surface area contributed by atoms with Gasteiger partial charge in [-0.15, -0.1) is 25.3 Å². The Morgan fingerprint density at radius 1 is 1.47 bits per heavy atom. The minimum absolute atomic E-state index is 0.0345. The molecule has 0 aromatic rings. The molecule has 15 heavy (non-hydrogen) atoms. The lowest BCUT2D eigenvalue weighted by molar-refractivity contribution is -0.201. The van der Waals surface area contributed by atoms with E-state index in [1.165, 1.54) is 0 Å². The van der Waals surface area contributed by atoms with E-state index in [-0.39, 0.29) is 22.6 Å². The first kappa shape index (κ1) is 13.1. The van der Waals surface area contributed by atoms with Gasteiger partial charge in [-0.25, -0.2) is 0 Å². The maximum atomic E-state index is 11.4. The molecule has 1 aliphatic heterocycles. The third kappa shape index (κ3) is 2.77. The van der Waals surface area contributed by atoms with E-state index in [4.69, 9.17) is 4.74 Å². The van der Waals surface area contributed by atoms with Crippen LogP contribution >= 0.6 is 25.3 Å². The number of carbonyl (C=O) groups is 2. The Morgan fingerprint density at radius 2 is 2.13 bits per heavy atom. The first-order chi connectivity index (χ1) is 7.03. The normalized spacial score (nSPS) is 29.7. The van der Waals surface area contributed by atoms with Crippen molar-refractivity contribution in [1.82, 2.24) is 0 Å². The van der Waals surface area contributed by atoms with Crippen molar-refractivity contribution in [3.8, 4) is 0 Å². The summed E-state index contributed by atoms with van der Waals surface area (Å²) >= 11 is 7.52. The third-order valence-electron chi connectivity index (χ3n) is 2.88. The number of rotatable bonds is 6. The van der Waals surface area contributed by atoms with Crippen LogP contribution in [0.2, 0.25) is 0 Å². The third-order valence-corrected chi connectivity index (χ3v) is 3.42. The summed E-state index contributed by atoms with van der Waals surface area (Å²) in [5.41, 5.74) is -0.989. The van der Waals surface area contributed by atoms with Gasteiger partial charge < -0.3 is 4.74 Å². The van der Waals surface area contributed by atoms with Crippen molar-refractivity contribution in [3.05, 3.63) is 0 Å². The number of hydrogen-bond acceptors (Lipinski definition) is 3. The summed E-state index contributed by atoms with van der Waals surface area (Å²) in [5, 5.41) is -0.671. The Balaban J connectivity index is 2.65. The molecule has 0 aliphatic carbocycles. The highest BCUT2D eigenvalue weighted by Gasteiger charge is 2.53. The summed E-state index contributed by atoms with van der Waals surface area (Å²) in [6.07, 6.45) is 3.05. The molecule has 0 aromatic heterocycles. The molecule has 0 aromatic carbocycles. The lowest BCUT2D eigenvalue weighted by Gasteiger charge is -2.46. The first-order valence-electron chi connectivity index (χ1n) is 5.12. The van der Waals surface area contributed by atoms with Crippen LogP contribution in [0.1, 0.15) is 32.6 Å². The number of carbonyl (C=O) groups excluding carboxylic acids is 2. The molecule has 0 bridgehead atoms. The van der Waals surface area contributed by atoms with E-state index in [0.29, 0.717) is 6.61 Å². The molecule has 0 saturated carbocycles. The average Bonchev–Trinajstić information content (AvgIpc) is 2.12. The molecule has 5 heteroatoms. The molecule has 1 saturated heterocycles. The van der Waals surface area contributed by atoms with Gasteiger partial charge in [-0.1, -0.05) is 19.8 Å². The molecule has 3 nitrogen and oxygen atoms in total. The predicted octanol–water partition coefficient (Wildman–Crippen LogP) is 1.86. The molecule has 0 radical (unpaired) electrons. The minimum atomic E-state index is -0.989. The number of ether oxygens (including phenoxy) is 1. The van der Waals surface area contributed by atoms with Gasteiger partial charge in [-0.05, 0) is 6.42 Å². The van der Waals surface area contributed by atoms with E-state index in [2.05, 4.69) is 32.2 Å². The Labute approximate surface area is 101 Å². The molecule has 1 fully saturated rings. The fourth-order valence-electron chi connectivity index (χ4n) is 1.90.